The number of carbonyl (C=O) groups is 3. The summed E-state index contributed by atoms with van der Waals surface area (Å²) in [5.74, 6) is 0.431. The maximum atomic E-state index is 12.6. The molecule has 0 bridgehead atoms. The number of carboxylic acids is 1. The highest BCUT2D eigenvalue weighted by molar-refractivity contribution is 5.92. The first-order valence-electron chi connectivity index (χ1n) is 15.3. The van der Waals surface area contributed by atoms with Crippen molar-refractivity contribution in [1.29, 1.82) is 0 Å². The Kier molecular flexibility index (Phi) is 12.0. The summed E-state index contributed by atoms with van der Waals surface area (Å²) in [5, 5.41) is 12.9. The van der Waals surface area contributed by atoms with Gasteiger partial charge in [0.15, 0.2) is 5.75 Å². The van der Waals surface area contributed by atoms with E-state index < -0.39 is 18.0 Å². The molecule has 8 nitrogen and oxygen atoms in total. The van der Waals surface area contributed by atoms with Crippen molar-refractivity contribution >= 4 is 23.5 Å². The van der Waals surface area contributed by atoms with Gasteiger partial charge in [-0.25, -0.2) is 9.59 Å². The summed E-state index contributed by atoms with van der Waals surface area (Å²) in [7, 11) is 0. The number of anilines is 1. The molecule has 8 heteroatoms. The molecule has 1 saturated carbocycles. The van der Waals surface area contributed by atoms with Crippen molar-refractivity contribution in [2.45, 2.75) is 64.3 Å². The summed E-state index contributed by atoms with van der Waals surface area (Å²) < 4.78 is 11.5. The van der Waals surface area contributed by atoms with Gasteiger partial charge in [-0.1, -0.05) is 55.8 Å². The molecular weight excluding hydrogens is 544 g/mol. The number of nitrogens with one attached hydrogen (secondary N) is 1. The predicted octanol–water partition coefficient (Wildman–Crippen LogP) is 6.60. The number of carbonyl (C=O) groups excluding carboxylic acids is 2. The summed E-state index contributed by atoms with van der Waals surface area (Å²) in [5.41, 5.74) is 1.83. The number of hydrogen-bond donors (Lipinski definition) is 2. The summed E-state index contributed by atoms with van der Waals surface area (Å²) in [6, 6.07) is 22.3. The first kappa shape index (κ1) is 31.6. The van der Waals surface area contributed by atoms with Crippen molar-refractivity contribution in [3.8, 4) is 11.5 Å². The van der Waals surface area contributed by atoms with Crippen molar-refractivity contribution in [2.75, 3.05) is 25.0 Å². The molecule has 0 aromatic heterocycles. The molecule has 3 aromatic carbocycles. The quantitative estimate of drug-likeness (QED) is 0.0983. The maximum absolute atomic E-state index is 12.6. The molecule has 1 unspecified atom stereocenters. The van der Waals surface area contributed by atoms with Crippen molar-refractivity contribution in [1.82, 2.24) is 4.90 Å². The number of esters is 1. The van der Waals surface area contributed by atoms with Crippen LogP contribution >= 0.6 is 0 Å². The molecule has 1 aliphatic rings. The molecule has 2 N–H and O–H groups in total. The lowest BCUT2D eigenvalue weighted by Crippen LogP contribution is -2.34. The number of carboxylic acid groups (broad SMARTS) is 1. The molecule has 1 aliphatic carbocycles. The Morgan fingerprint density at radius 1 is 0.953 bits per heavy atom. The fourth-order valence-corrected chi connectivity index (χ4v) is 4.78. The molecule has 0 saturated heterocycles. The second-order valence-corrected chi connectivity index (χ2v) is 11.1. The van der Waals surface area contributed by atoms with Crippen LogP contribution < -0.4 is 14.8 Å². The lowest BCUT2D eigenvalue weighted by atomic mass is 10.0. The van der Waals surface area contributed by atoms with E-state index in [4.69, 9.17) is 9.47 Å². The molecular formula is C35H42N2O6. The standard InChI is InChI=1S/C35H42N2O6/c1-2-3-14-33(38)37(25-27-15-16-27)23-9-24-42-29-20-17-26(18-21-29)19-22-31(34(39)40)36-30-12-7-8-13-32(30)43-35(41)28-10-5-4-6-11-28/h4-8,10-13,17-18,20-21,27,31,36H,2-3,9,14-16,19,22-25H2,1H3,(H,39,40). The zero-order valence-electron chi connectivity index (χ0n) is 24.9. The van der Waals surface area contributed by atoms with Crippen molar-refractivity contribution in [2.24, 2.45) is 5.92 Å². The average Bonchev–Trinajstić information content (AvgIpc) is 3.85. The highest BCUT2D eigenvalue weighted by Gasteiger charge is 2.26. The molecule has 4 rings (SSSR count). The second-order valence-electron chi connectivity index (χ2n) is 11.1. The summed E-state index contributed by atoms with van der Waals surface area (Å²) in [4.78, 5) is 39.2. The van der Waals surface area contributed by atoms with Gasteiger partial charge in [0.25, 0.3) is 0 Å². The highest BCUT2D eigenvalue weighted by atomic mass is 16.5. The van der Waals surface area contributed by atoms with Crippen molar-refractivity contribution in [3.05, 3.63) is 90.0 Å². The van der Waals surface area contributed by atoms with E-state index in [1.807, 2.05) is 35.2 Å². The number of ether oxygens (including phenoxy) is 2. The molecule has 43 heavy (non-hydrogen) atoms. The van der Waals surface area contributed by atoms with E-state index in [1.54, 1.807) is 48.5 Å². The molecule has 3 aromatic rings. The number of benzene rings is 3. The smallest absolute Gasteiger partial charge is 0.343 e. The third kappa shape index (κ3) is 10.5. The molecule has 0 radical (unpaired) electrons. The fourth-order valence-electron chi connectivity index (χ4n) is 4.78. The van der Waals surface area contributed by atoms with E-state index >= 15 is 0 Å². The second kappa shape index (κ2) is 16.3. The first-order valence-corrected chi connectivity index (χ1v) is 15.3. The molecule has 0 aliphatic heterocycles. The van der Waals surface area contributed by atoms with Gasteiger partial charge in [0.1, 0.15) is 11.8 Å². The Hall–Kier alpha value is -4.33. The fraction of sp³-hybridized carbons (Fsp3) is 0.400. The van der Waals surface area contributed by atoms with Crippen LogP contribution in [0.4, 0.5) is 5.69 Å². The van der Waals surface area contributed by atoms with Gasteiger partial charge in [0.05, 0.1) is 17.9 Å². The summed E-state index contributed by atoms with van der Waals surface area (Å²) in [6.07, 6.45) is 6.67. The molecule has 228 valence electrons. The van der Waals surface area contributed by atoms with E-state index in [-0.39, 0.29) is 11.7 Å². The normalized spacial score (nSPS) is 13.1. The van der Waals surface area contributed by atoms with Gasteiger partial charge in [0, 0.05) is 19.5 Å². The number of unbranched alkanes of at least 4 members (excludes halogenated alkanes) is 1. The first-order chi connectivity index (χ1) is 20.9. The summed E-state index contributed by atoms with van der Waals surface area (Å²) >= 11 is 0. The highest BCUT2D eigenvalue weighted by Crippen LogP contribution is 2.30. The van der Waals surface area contributed by atoms with Gasteiger partial charge in [-0.15, -0.1) is 0 Å². The predicted molar refractivity (Wildman–Crippen MR) is 167 cm³/mol. The van der Waals surface area contributed by atoms with Gasteiger partial charge in [-0.2, -0.15) is 0 Å². The van der Waals surface area contributed by atoms with Gasteiger partial charge in [-0.05, 0) is 86.4 Å². The van der Waals surface area contributed by atoms with Gasteiger partial charge >= 0.3 is 11.9 Å². The zero-order chi connectivity index (χ0) is 30.4. The molecule has 1 atom stereocenters. The van der Waals surface area contributed by atoms with Gasteiger partial charge in [-0.3, -0.25) is 4.79 Å². The molecule has 0 heterocycles. The Labute approximate surface area is 254 Å². The van der Waals surface area contributed by atoms with Gasteiger partial charge < -0.3 is 24.8 Å². The van der Waals surface area contributed by atoms with E-state index in [2.05, 4.69) is 12.2 Å². The van der Waals surface area contributed by atoms with Crippen molar-refractivity contribution in [3.63, 3.8) is 0 Å². The minimum Gasteiger partial charge on any atom is -0.494 e. The van der Waals surface area contributed by atoms with E-state index in [0.29, 0.717) is 43.0 Å². The van der Waals surface area contributed by atoms with Crippen LogP contribution in [0.5, 0.6) is 11.5 Å². The van der Waals surface area contributed by atoms with E-state index in [9.17, 15) is 19.5 Å². The Morgan fingerprint density at radius 2 is 1.67 bits per heavy atom. The lowest BCUT2D eigenvalue weighted by molar-refractivity contribution is -0.138. The third-order valence-electron chi connectivity index (χ3n) is 7.49. The van der Waals surface area contributed by atoms with Crippen molar-refractivity contribution < 1.29 is 29.0 Å². The minimum atomic E-state index is -0.993. The Balaban J connectivity index is 1.24. The maximum Gasteiger partial charge on any atom is 0.343 e. The lowest BCUT2D eigenvalue weighted by Gasteiger charge is -2.23. The molecule has 0 spiro atoms. The topological polar surface area (TPSA) is 105 Å². The largest absolute Gasteiger partial charge is 0.494 e. The molecule has 1 amide bonds. The molecule has 1 fully saturated rings. The average molecular weight is 587 g/mol. The van der Waals surface area contributed by atoms with Gasteiger partial charge in [0.2, 0.25) is 5.91 Å². The van der Waals surface area contributed by atoms with Crippen LogP contribution in [0.1, 0.15) is 67.8 Å². The monoisotopic (exact) mass is 586 g/mol. The number of hydrogen-bond acceptors (Lipinski definition) is 6. The van der Waals surface area contributed by atoms with E-state index in [1.165, 1.54) is 12.8 Å². The van der Waals surface area contributed by atoms with Crippen LogP contribution in [0, 0.1) is 5.92 Å². The van der Waals surface area contributed by atoms with Crippen LogP contribution in [0.25, 0.3) is 0 Å². The SMILES string of the molecule is CCCCC(=O)N(CCCOc1ccc(CCC(Nc2ccccc2OC(=O)c2ccccc2)C(=O)O)cc1)CC1CC1. The van der Waals surface area contributed by atoms with Crippen LogP contribution in [0.15, 0.2) is 78.9 Å². The van der Waals surface area contributed by atoms with Crippen LogP contribution in [0.2, 0.25) is 0 Å². The number of aliphatic carboxylic acids is 1. The number of rotatable bonds is 18. The minimum absolute atomic E-state index is 0.254. The number of aryl methyl sites for hydroxylation is 1. The Morgan fingerprint density at radius 3 is 2.37 bits per heavy atom. The third-order valence-corrected chi connectivity index (χ3v) is 7.49. The number of para-hydroxylation sites is 2. The van der Waals surface area contributed by atoms with Crippen LogP contribution in [0.3, 0.4) is 0 Å². The van der Waals surface area contributed by atoms with E-state index in [0.717, 1.165) is 43.7 Å². The Bertz CT molecular complexity index is 1320. The van der Waals surface area contributed by atoms with Crippen LogP contribution in [-0.4, -0.2) is 53.6 Å². The number of nitrogens with zero attached hydrogens (tertiary/aromatic N) is 1. The summed E-state index contributed by atoms with van der Waals surface area (Å²) in [6.45, 7) is 4.22. The zero-order valence-corrected chi connectivity index (χ0v) is 24.9. The van der Waals surface area contributed by atoms with Crippen LogP contribution in [-0.2, 0) is 16.0 Å². The number of amides is 1.